The molecule has 128 valence electrons. The summed E-state index contributed by atoms with van der Waals surface area (Å²) >= 11 is 11.7. The summed E-state index contributed by atoms with van der Waals surface area (Å²) < 4.78 is 0. The number of nitrogens with one attached hydrogen (secondary N) is 2. The summed E-state index contributed by atoms with van der Waals surface area (Å²) in [5.41, 5.74) is 2.48. The average molecular weight is 376 g/mol. The van der Waals surface area contributed by atoms with Crippen LogP contribution in [0.5, 0.6) is 0 Å². The quantitative estimate of drug-likeness (QED) is 0.633. The molecule has 0 aliphatic rings. The van der Waals surface area contributed by atoms with Gasteiger partial charge in [-0.25, -0.2) is 0 Å². The van der Waals surface area contributed by atoms with E-state index < -0.39 is 6.10 Å². The summed E-state index contributed by atoms with van der Waals surface area (Å²) in [5.74, 6) is -0.347. The summed E-state index contributed by atoms with van der Waals surface area (Å²) in [6, 6.07) is 15.6. The van der Waals surface area contributed by atoms with Crippen molar-refractivity contribution >= 4 is 29.1 Å². The number of hydrogen-bond acceptors (Lipinski definition) is 3. The minimum atomic E-state index is -0.820. The van der Waals surface area contributed by atoms with Crippen molar-refractivity contribution < 1.29 is 9.90 Å². The van der Waals surface area contributed by atoms with Gasteiger partial charge in [0.1, 0.15) is 5.69 Å². The van der Waals surface area contributed by atoms with Crippen molar-refractivity contribution in [1.29, 1.82) is 0 Å². The zero-order valence-electron chi connectivity index (χ0n) is 13.0. The number of aromatic nitrogens is 2. The van der Waals surface area contributed by atoms with E-state index in [1.165, 1.54) is 0 Å². The Morgan fingerprint density at radius 1 is 1.08 bits per heavy atom. The van der Waals surface area contributed by atoms with Crippen LogP contribution in [0.4, 0.5) is 0 Å². The minimum absolute atomic E-state index is 0.0791. The Bertz CT molecular complexity index is 861. The first kappa shape index (κ1) is 17.5. The van der Waals surface area contributed by atoms with Gasteiger partial charge in [0.05, 0.1) is 11.8 Å². The van der Waals surface area contributed by atoms with E-state index in [1.807, 2.05) is 12.1 Å². The largest absolute Gasteiger partial charge is 0.387 e. The molecule has 7 heteroatoms. The number of hydrogen-bond donors (Lipinski definition) is 3. The van der Waals surface area contributed by atoms with Gasteiger partial charge < -0.3 is 10.4 Å². The van der Waals surface area contributed by atoms with Crippen molar-refractivity contribution in [3.8, 4) is 11.3 Å². The zero-order chi connectivity index (χ0) is 17.8. The lowest BCUT2D eigenvalue weighted by atomic mass is 10.1. The Hall–Kier alpha value is -2.34. The van der Waals surface area contributed by atoms with Gasteiger partial charge in [0.15, 0.2) is 0 Å². The van der Waals surface area contributed by atoms with Crippen LogP contribution in [0.15, 0.2) is 54.6 Å². The van der Waals surface area contributed by atoms with Gasteiger partial charge in [-0.15, -0.1) is 0 Å². The van der Waals surface area contributed by atoms with Crippen molar-refractivity contribution in [3.05, 3.63) is 75.9 Å². The van der Waals surface area contributed by atoms with Gasteiger partial charge in [-0.2, -0.15) is 5.10 Å². The fourth-order valence-electron chi connectivity index (χ4n) is 2.29. The van der Waals surface area contributed by atoms with E-state index in [1.54, 1.807) is 42.5 Å². The van der Waals surface area contributed by atoms with Crippen LogP contribution in [0.3, 0.4) is 0 Å². The predicted octanol–water partition coefficient (Wildman–Crippen LogP) is 3.85. The standard InChI is InChI=1S/C18H15Cl2N3O2/c19-13-5-1-11(2-6-13)15-9-16(23-22-15)18(25)21-10-17(24)12-3-7-14(20)8-4-12/h1-9,17,24H,10H2,(H,21,25)(H,22,23). The predicted molar refractivity (Wildman–Crippen MR) is 97.8 cm³/mol. The second-order valence-electron chi connectivity index (χ2n) is 5.45. The van der Waals surface area contributed by atoms with Crippen LogP contribution in [0.25, 0.3) is 11.3 Å². The van der Waals surface area contributed by atoms with Gasteiger partial charge in [-0.05, 0) is 35.9 Å². The van der Waals surface area contributed by atoms with Crippen LogP contribution in [-0.4, -0.2) is 27.8 Å². The van der Waals surface area contributed by atoms with Crippen LogP contribution in [-0.2, 0) is 0 Å². The smallest absolute Gasteiger partial charge is 0.269 e. The highest BCUT2D eigenvalue weighted by Crippen LogP contribution is 2.20. The summed E-state index contributed by atoms with van der Waals surface area (Å²) in [4.78, 5) is 12.2. The molecular formula is C18H15Cl2N3O2. The van der Waals surface area contributed by atoms with Gasteiger partial charge in [0.25, 0.3) is 5.91 Å². The maximum Gasteiger partial charge on any atom is 0.269 e. The fourth-order valence-corrected chi connectivity index (χ4v) is 2.55. The lowest BCUT2D eigenvalue weighted by Crippen LogP contribution is -2.28. The fraction of sp³-hybridized carbons (Fsp3) is 0.111. The lowest BCUT2D eigenvalue weighted by molar-refractivity contribution is 0.0911. The molecule has 25 heavy (non-hydrogen) atoms. The minimum Gasteiger partial charge on any atom is -0.387 e. The third-order valence-electron chi connectivity index (χ3n) is 3.67. The molecule has 1 amide bonds. The molecule has 3 N–H and O–H groups in total. The van der Waals surface area contributed by atoms with Crippen molar-refractivity contribution in [1.82, 2.24) is 15.5 Å². The molecule has 0 fully saturated rings. The first-order valence-electron chi connectivity index (χ1n) is 7.56. The van der Waals surface area contributed by atoms with Crippen LogP contribution in [0.2, 0.25) is 10.0 Å². The van der Waals surface area contributed by atoms with E-state index in [-0.39, 0.29) is 12.5 Å². The molecule has 0 spiro atoms. The van der Waals surface area contributed by atoms with Crippen LogP contribution in [0.1, 0.15) is 22.2 Å². The number of nitrogens with zero attached hydrogens (tertiary/aromatic N) is 1. The van der Waals surface area contributed by atoms with Crippen LogP contribution in [0, 0.1) is 0 Å². The maximum absolute atomic E-state index is 12.2. The monoisotopic (exact) mass is 375 g/mol. The van der Waals surface area contributed by atoms with Crippen LogP contribution < -0.4 is 5.32 Å². The third-order valence-corrected chi connectivity index (χ3v) is 4.18. The van der Waals surface area contributed by atoms with E-state index in [9.17, 15) is 9.90 Å². The molecule has 0 radical (unpaired) electrons. The van der Waals surface area contributed by atoms with E-state index in [2.05, 4.69) is 15.5 Å². The van der Waals surface area contributed by atoms with Crippen molar-refractivity contribution in [2.45, 2.75) is 6.10 Å². The van der Waals surface area contributed by atoms with Gasteiger partial charge in [-0.3, -0.25) is 9.89 Å². The number of aliphatic hydroxyl groups excluding tert-OH is 1. The third kappa shape index (κ3) is 4.39. The Kier molecular flexibility index (Phi) is 5.38. The van der Waals surface area contributed by atoms with Gasteiger partial charge in [0.2, 0.25) is 0 Å². The van der Waals surface area contributed by atoms with Crippen molar-refractivity contribution in [2.75, 3.05) is 6.54 Å². The highest BCUT2D eigenvalue weighted by atomic mass is 35.5. The number of rotatable bonds is 5. The first-order valence-corrected chi connectivity index (χ1v) is 8.31. The molecule has 3 aromatic rings. The van der Waals surface area contributed by atoms with Gasteiger partial charge >= 0.3 is 0 Å². The number of carbonyl (C=O) groups is 1. The first-order chi connectivity index (χ1) is 12.0. The molecule has 0 bridgehead atoms. The molecule has 0 saturated heterocycles. The lowest BCUT2D eigenvalue weighted by Gasteiger charge is -2.11. The molecule has 0 aliphatic carbocycles. The van der Waals surface area contributed by atoms with E-state index >= 15 is 0 Å². The Morgan fingerprint density at radius 2 is 1.68 bits per heavy atom. The Balaban J connectivity index is 1.62. The number of halogens is 2. The normalized spacial score (nSPS) is 12.0. The Labute approximate surface area is 154 Å². The van der Waals surface area contributed by atoms with Crippen molar-refractivity contribution in [3.63, 3.8) is 0 Å². The summed E-state index contributed by atoms with van der Waals surface area (Å²) in [6.07, 6.45) is -0.820. The molecule has 5 nitrogen and oxygen atoms in total. The summed E-state index contributed by atoms with van der Waals surface area (Å²) in [6.45, 7) is 0.0791. The molecule has 0 saturated carbocycles. The molecule has 1 aromatic heterocycles. The highest BCUT2D eigenvalue weighted by Gasteiger charge is 2.13. The molecule has 1 heterocycles. The van der Waals surface area contributed by atoms with Crippen molar-refractivity contribution in [2.24, 2.45) is 0 Å². The van der Waals surface area contributed by atoms with Crippen LogP contribution >= 0.6 is 23.2 Å². The van der Waals surface area contributed by atoms with E-state index in [4.69, 9.17) is 23.2 Å². The van der Waals surface area contributed by atoms with Gasteiger partial charge in [-0.1, -0.05) is 47.5 Å². The maximum atomic E-state index is 12.2. The number of carbonyl (C=O) groups excluding carboxylic acids is 1. The second-order valence-corrected chi connectivity index (χ2v) is 6.32. The summed E-state index contributed by atoms with van der Waals surface area (Å²) in [5, 5.41) is 20.8. The second kappa shape index (κ2) is 7.70. The number of aliphatic hydroxyl groups is 1. The van der Waals surface area contributed by atoms with Gasteiger partial charge in [0, 0.05) is 22.2 Å². The SMILES string of the molecule is O=C(NCC(O)c1ccc(Cl)cc1)c1cc(-c2ccc(Cl)cc2)n[nH]1. The van der Waals surface area contributed by atoms with E-state index in [0.29, 0.717) is 27.0 Å². The number of H-pyrrole nitrogens is 1. The number of aromatic amines is 1. The number of benzene rings is 2. The topological polar surface area (TPSA) is 78.0 Å². The molecule has 1 atom stereocenters. The van der Waals surface area contributed by atoms with E-state index in [0.717, 1.165) is 5.56 Å². The molecule has 3 rings (SSSR count). The summed E-state index contributed by atoms with van der Waals surface area (Å²) in [7, 11) is 0. The molecular weight excluding hydrogens is 361 g/mol. The molecule has 1 unspecified atom stereocenters. The number of amides is 1. The average Bonchev–Trinajstić information content (AvgIpc) is 3.11. The molecule has 2 aromatic carbocycles. The molecule has 0 aliphatic heterocycles. The Morgan fingerprint density at radius 3 is 2.32 bits per heavy atom. The highest BCUT2D eigenvalue weighted by molar-refractivity contribution is 6.30. The zero-order valence-corrected chi connectivity index (χ0v) is 14.6.